The maximum Gasteiger partial charge on any atom is 0.326 e. The summed E-state index contributed by atoms with van der Waals surface area (Å²) in [6.07, 6.45) is -0.0626. The second-order valence-electron chi connectivity index (χ2n) is 9.62. The molecule has 1 amide bonds. The lowest BCUT2D eigenvalue weighted by molar-refractivity contribution is -0.142. The molecule has 4 aromatic rings. The van der Waals surface area contributed by atoms with Crippen LogP contribution in [0.2, 0.25) is 0 Å². The van der Waals surface area contributed by atoms with E-state index in [1.807, 2.05) is 66.7 Å². The fraction of sp³-hybridized carbons (Fsp3) is 0.161. The van der Waals surface area contributed by atoms with Crippen molar-refractivity contribution in [3.63, 3.8) is 0 Å². The standard InChI is InChI=1S/C31H27NO5S/c33-29(34)28(19-22-14-16-26(17-15-22)25-10-3-1-4-11-25)32-30(35)31(20-23-8-7-9-24(18-23)21-31)38(36,37)27-12-5-2-6-13-27/h1-18,28H,19-21H2,(H,32,35)(H,33,34)/t28-/m0/s1. The minimum Gasteiger partial charge on any atom is -0.480 e. The first-order valence-electron chi connectivity index (χ1n) is 12.3. The molecule has 192 valence electrons. The second-order valence-corrected chi connectivity index (χ2v) is 11.9. The van der Waals surface area contributed by atoms with Crippen molar-refractivity contribution >= 4 is 21.7 Å². The van der Waals surface area contributed by atoms with Crippen LogP contribution in [0.1, 0.15) is 16.7 Å². The van der Waals surface area contributed by atoms with Crippen LogP contribution in [0.15, 0.2) is 114 Å². The highest BCUT2D eigenvalue weighted by molar-refractivity contribution is 7.93. The Morgan fingerprint density at radius 1 is 0.763 bits per heavy atom. The molecule has 2 N–H and O–H groups in total. The van der Waals surface area contributed by atoms with Gasteiger partial charge in [0.25, 0.3) is 0 Å². The van der Waals surface area contributed by atoms with Crippen LogP contribution in [0.4, 0.5) is 0 Å². The molecule has 0 spiro atoms. The smallest absolute Gasteiger partial charge is 0.326 e. The summed E-state index contributed by atoms with van der Waals surface area (Å²) >= 11 is 0. The number of sulfone groups is 1. The van der Waals surface area contributed by atoms with E-state index in [0.29, 0.717) is 16.7 Å². The molecule has 0 saturated heterocycles. The fourth-order valence-corrected chi connectivity index (χ4v) is 7.04. The molecule has 2 bridgehead atoms. The number of rotatable bonds is 8. The summed E-state index contributed by atoms with van der Waals surface area (Å²) in [7, 11) is -4.17. The van der Waals surface area contributed by atoms with E-state index in [-0.39, 0.29) is 24.2 Å². The van der Waals surface area contributed by atoms with E-state index in [9.17, 15) is 23.1 Å². The van der Waals surface area contributed by atoms with Crippen LogP contribution in [0.5, 0.6) is 0 Å². The van der Waals surface area contributed by atoms with Crippen LogP contribution in [0, 0.1) is 0 Å². The molecule has 7 heteroatoms. The summed E-state index contributed by atoms with van der Waals surface area (Å²) in [6, 6.07) is 31.1. The zero-order valence-corrected chi connectivity index (χ0v) is 21.4. The number of hydrogen-bond acceptors (Lipinski definition) is 4. The number of aliphatic carboxylic acids is 1. The van der Waals surface area contributed by atoms with Gasteiger partial charge in [0.15, 0.2) is 14.6 Å². The summed E-state index contributed by atoms with van der Waals surface area (Å²) in [5.74, 6) is -2.03. The third kappa shape index (κ3) is 4.85. The Labute approximate surface area is 221 Å². The lowest BCUT2D eigenvalue weighted by Gasteiger charge is -2.36. The number of carbonyl (C=O) groups is 2. The predicted octanol–water partition coefficient (Wildman–Crippen LogP) is 4.48. The molecule has 5 rings (SSSR count). The van der Waals surface area contributed by atoms with Crippen LogP contribution in [-0.2, 0) is 38.7 Å². The van der Waals surface area contributed by atoms with Crippen LogP contribution >= 0.6 is 0 Å². The predicted molar refractivity (Wildman–Crippen MR) is 145 cm³/mol. The SMILES string of the molecule is O=C(O)[C@H](Cc1ccc(-c2ccccc2)cc1)NC(=O)C1(S(=O)(=O)c2ccccc2)Cc2cccc(c2)C1. The van der Waals surface area contributed by atoms with Crippen molar-refractivity contribution in [1.29, 1.82) is 0 Å². The van der Waals surface area contributed by atoms with E-state index in [1.54, 1.807) is 30.3 Å². The number of amides is 1. The number of fused-ring (bicyclic) bond motifs is 2. The van der Waals surface area contributed by atoms with Gasteiger partial charge in [-0.25, -0.2) is 13.2 Å². The molecule has 0 radical (unpaired) electrons. The van der Waals surface area contributed by atoms with Crippen molar-refractivity contribution in [1.82, 2.24) is 5.32 Å². The van der Waals surface area contributed by atoms with Gasteiger partial charge in [0.1, 0.15) is 6.04 Å². The van der Waals surface area contributed by atoms with Gasteiger partial charge in [0.2, 0.25) is 5.91 Å². The number of nitrogens with one attached hydrogen (secondary N) is 1. The zero-order chi connectivity index (χ0) is 26.8. The number of carboxylic acids is 1. The van der Waals surface area contributed by atoms with Crippen molar-refractivity contribution in [2.24, 2.45) is 0 Å². The Kier molecular flexibility index (Phi) is 6.87. The zero-order valence-electron chi connectivity index (χ0n) is 20.6. The largest absolute Gasteiger partial charge is 0.480 e. The Morgan fingerprint density at radius 2 is 1.32 bits per heavy atom. The minimum absolute atomic E-state index is 0.0168. The molecule has 0 unspecified atom stereocenters. The van der Waals surface area contributed by atoms with E-state index in [0.717, 1.165) is 11.1 Å². The molecule has 38 heavy (non-hydrogen) atoms. The van der Waals surface area contributed by atoms with E-state index >= 15 is 0 Å². The van der Waals surface area contributed by atoms with Crippen molar-refractivity contribution in [2.75, 3.05) is 0 Å². The topological polar surface area (TPSA) is 101 Å². The molecule has 1 atom stereocenters. The lowest BCUT2D eigenvalue weighted by Crippen LogP contribution is -2.59. The third-order valence-electron chi connectivity index (χ3n) is 7.06. The Balaban J connectivity index is 1.44. The van der Waals surface area contributed by atoms with Gasteiger partial charge in [-0.1, -0.05) is 97.1 Å². The van der Waals surface area contributed by atoms with E-state index in [1.165, 1.54) is 12.1 Å². The Morgan fingerprint density at radius 3 is 1.89 bits per heavy atom. The normalized spacial score (nSPS) is 14.8. The van der Waals surface area contributed by atoms with Crippen LogP contribution in [0.25, 0.3) is 11.1 Å². The molecule has 0 fully saturated rings. The first-order valence-corrected chi connectivity index (χ1v) is 13.8. The first kappa shape index (κ1) is 25.4. The van der Waals surface area contributed by atoms with Crippen molar-refractivity contribution in [2.45, 2.75) is 34.9 Å². The highest BCUT2D eigenvalue weighted by Crippen LogP contribution is 2.37. The van der Waals surface area contributed by atoms with E-state index in [2.05, 4.69) is 5.32 Å². The fourth-order valence-electron chi connectivity index (χ4n) is 5.06. The van der Waals surface area contributed by atoms with Crippen LogP contribution in [0.3, 0.4) is 0 Å². The monoisotopic (exact) mass is 525 g/mol. The molecule has 0 saturated carbocycles. The van der Waals surface area contributed by atoms with Crippen LogP contribution < -0.4 is 5.32 Å². The molecule has 4 aromatic carbocycles. The molecule has 0 aromatic heterocycles. The molecule has 0 aliphatic heterocycles. The number of hydrogen-bond donors (Lipinski definition) is 2. The summed E-state index contributed by atoms with van der Waals surface area (Å²) in [5.41, 5.74) is 4.17. The van der Waals surface area contributed by atoms with E-state index in [4.69, 9.17) is 0 Å². The van der Waals surface area contributed by atoms with Gasteiger partial charge in [0.05, 0.1) is 4.90 Å². The van der Waals surface area contributed by atoms with Gasteiger partial charge in [-0.15, -0.1) is 0 Å². The molecule has 1 aliphatic carbocycles. The average Bonchev–Trinajstić information content (AvgIpc) is 2.93. The average molecular weight is 526 g/mol. The van der Waals surface area contributed by atoms with Gasteiger partial charge in [-0.2, -0.15) is 0 Å². The van der Waals surface area contributed by atoms with Crippen molar-refractivity contribution in [3.05, 3.63) is 126 Å². The molecule has 0 heterocycles. The van der Waals surface area contributed by atoms with Crippen molar-refractivity contribution in [3.8, 4) is 11.1 Å². The van der Waals surface area contributed by atoms with Gasteiger partial charge in [-0.3, -0.25) is 4.79 Å². The minimum atomic E-state index is -4.17. The van der Waals surface area contributed by atoms with Crippen molar-refractivity contribution < 1.29 is 23.1 Å². The third-order valence-corrected chi connectivity index (χ3v) is 9.45. The quantitative estimate of drug-likeness (QED) is 0.353. The Bertz CT molecular complexity index is 1540. The maximum atomic E-state index is 14.0. The Hall–Kier alpha value is -4.23. The maximum absolute atomic E-state index is 14.0. The highest BCUT2D eigenvalue weighted by Gasteiger charge is 2.53. The second kappa shape index (κ2) is 10.3. The summed E-state index contributed by atoms with van der Waals surface area (Å²) in [5, 5.41) is 12.6. The first-order chi connectivity index (χ1) is 18.3. The highest BCUT2D eigenvalue weighted by atomic mass is 32.2. The molecule has 1 aliphatic rings. The van der Waals surface area contributed by atoms with Gasteiger partial charge >= 0.3 is 5.97 Å². The van der Waals surface area contributed by atoms with Gasteiger partial charge < -0.3 is 10.4 Å². The summed E-state index contributed by atoms with van der Waals surface area (Å²) in [4.78, 5) is 26.1. The lowest BCUT2D eigenvalue weighted by atomic mass is 9.84. The number of carbonyl (C=O) groups excluding carboxylic acids is 1. The van der Waals surface area contributed by atoms with Gasteiger partial charge in [0, 0.05) is 19.3 Å². The van der Waals surface area contributed by atoms with Gasteiger partial charge in [-0.05, 0) is 39.9 Å². The summed E-state index contributed by atoms with van der Waals surface area (Å²) in [6.45, 7) is 0. The van der Waals surface area contributed by atoms with Crippen LogP contribution in [-0.4, -0.2) is 36.2 Å². The number of benzene rings is 4. The molecule has 6 nitrogen and oxygen atoms in total. The summed E-state index contributed by atoms with van der Waals surface area (Å²) < 4.78 is 26.1. The number of carboxylic acid groups (broad SMARTS) is 1. The molecular weight excluding hydrogens is 498 g/mol. The van der Waals surface area contributed by atoms with E-state index < -0.39 is 32.5 Å². The molecular formula is C31H27NO5S.